The molecule has 0 aromatic carbocycles. The molecular formula is C19H29N5O2S. The van der Waals surface area contributed by atoms with Crippen molar-refractivity contribution in [2.45, 2.75) is 38.5 Å². The number of hydrogen-bond donors (Lipinski definition) is 1. The van der Waals surface area contributed by atoms with Crippen LogP contribution in [0.15, 0.2) is 35.6 Å². The van der Waals surface area contributed by atoms with Gasteiger partial charge < -0.3 is 4.90 Å². The third-order valence-corrected chi connectivity index (χ3v) is 6.31. The summed E-state index contributed by atoms with van der Waals surface area (Å²) in [5, 5.41) is 4.14. The van der Waals surface area contributed by atoms with Crippen molar-refractivity contribution in [3.8, 4) is 5.82 Å². The van der Waals surface area contributed by atoms with Gasteiger partial charge in [0.05, 0.1) is 12.4 Å². The summed E-state index contributed by atoms with van der Waals surface area (Å²) < 4.78 is 29.2. The Morgan fingerprint density at radius 2 is 2.00 bits per heavy atom. The lowest BCUT2D eigenvalue weighted by Crippen LogP contribution is -2.40. The van der Waals surface area contributed by atoms with Crippen LogP contribution in [0.4, 0.5) is 0 Å². The molecule has 1 aliphatic heterocycles. The number of pyridine rings is 1. The second-order valence-electron chi connectivity index (χ2n) is 7.77. The first kappa shape index (κ1) is 20.0. The summed E-state index contributed by atoms with van der Waals surface area (Å²) in [6.07, 6.45) is 6.62. The molecule has 0 amide bonds. The van der Waals surface area contributed by atoms with E-state index in [-0.39, 0.29) is 4.90 Å². The molecule has 3 heterocycles. The van der Waals surface area contributed by atoms with Gasteiger partial charge in [-0.25, -0.2) is 22.8 Å². The largest absolute Gasteiger partial charge is 0.303 e. The maximum atomic E-state index is 12.5. The Morgan fingerprint density at radius 3 is 2.70 bits per heavy atom. The molecule has 2 atom stereocenters. The first-order valence-electron chi connectivity index (χ1n) is 9.53. The van der Waals surface area contributed by atoms with Gasteiger partial charge in [0.25, 0.3) is 0 Å². The highest BCUT2D eigenvalue weighted by atomic mass is 32.2. The first-order valence-corrected chi connectivity index (χ1v) is 11.0. The fraction of sp³-hybridized carbons (Fsp3) is 0.579. The van der Waals surface area contributed by atoms with E-state index in [0.717, 1.165) is 31.6 Å². The van der Waals surface area contributed by atoms with Crippen molar-refractivity contribution in [1.29, 1.82) is 0 Å². The molecule has 0 bridgehead atoms. The summed E-state index contributed by atoms with van der Waals surface area (Å²) in [6.45, 7) is 10.1. The number of hydrogen-bond acceptors (Lipinski definition) is 5. The Balaban J connectivity index is 1.53. The molecule has 8 heteroatoms. The summed E-state index contributed by atoms with van der Waals surface area (Å²) in [5.41, 5.74) is 1.04. The van der Waals surface area contributed by atoms with E-state index in [1.54, 1.807) is 6.20 Å². The third-order valence-electron chi connectivity index (χ3n) is 4.89. The lowest BCUT2D eigenvalue weighted by molar-refractivity contribution is 0.140. The molecule has 3 rings (SSSR count). The number of nitrogens with zero attached hydrogens (tertiary/aromatic N) is 4. The molecule has 148 valence electrons. The highest BCUT2D eigenvalue weighted by Gasteiger charge is 2.21. The Hall–Kier alpha value is -1.77. The number of sulfonamides is 1. The summed E-state index contributed by atoms with van der Waals surface area (Å²) in [5.74, 6) is 2.03. The summed E-state index contributed by atoms with van der Waals surface area (Å²) in [4.78, 5) is 6.82. The van der Waals surface area contributed by atoms with Crippen LogP contribution < -0.4 is 4.72 Å². The SMILES string of the molecule is Cc1ccnc(-n2cc(S(=O)(=O)NCCCN3C[C@@H](C)C[C@H](C)C3)cn2)c1. The van der Waals surface area contributed by atoms with Crippen molar-refractivity contribution >= 4 is 10.0 Å². The normalized spacial score (nSPS) is 21.4. The van der Waals surface area contributed by atoms with Crippen LogP contribution in [-0.2, 0) is 10.0 Å². The van der Waals surface area contributed by atoms with Crippen molar-refractivity contribution in [2.24, 2.45) is 11.8 Å². The van der Waals surface area contributed by atoms with E-state index in [1.165, 1.54) is 23.5 Å². The van der Waals surface area contributed by atoms with Crippen LogP contribution in [0.5, 0.6) is 0 Å². The Bertz CT molecular complexity index is 854. The summed E-state index contributed by atoms with van der Waals surface area (Å²) in [7, 11) is -3.56. The predicted molar refractivity (Wildman–Crippen MR) is 105 cm³/mol. The van der Waals surface area contributed by atoms with Gasteiger partial charge in [0, 0.05) is 25.8 Å². The lowest BCUT2D eigenvalue weighted by Gasteiger charge is -2.34. The minimum Gasteiger partial charge on any atom is -0.303 e. The molecule has 2 aromatic heterocycles. The molecule has 0 radical (unpaired) electrons. The number of piperidine rings is 1. The molecular weight excluding hydrogens is 362 g/mol. The Labute approximate surface area is 161 Å². The Kier molecular flexibility index (Phi) is 6.29. The van der Waals surface area contributed by atoms with E-state index >= 15 is 0 Å². The van der Waals surface area contributed by atoms with Crippen molar-refractivity contribution in [1.82, 2.24) is 24.4 Å². The second-order valence-corrected chi connectivity index (χ2v) is 9.54. The monoisotopic (exact) mass is 391 g/mol. The number of rotatable bonds is 7. The number of aromatic nitrogens is 3. The van der Waals surface area contributed by atoms with Crippen molar-refractivity contribution in [3.63, 3.8) is 0 Å². The van der Waals surface area contributed by atoms with E-state index in [0.29, 0.717) is 24.2 Å². The van der Waals surface area contributed by atoms with E-state index in [1.807, 2.05) is 19.1 Å². The predicted octanol–water partition coefficient (Wildman–Crippen LogP) is 2.22. The first-order chi connectivity index (χ1) is 12.8. The fourth-order valence-electron chi connectivity index (χ4n) is 3.78. The van der Waals surface area contributed by atoms with E-state index in [9.17, 15) is 8.42 Å². The quantitative estimate of drug-likeness (QED) is 0.732. The molecule has 0 aliphatic carbocycles. The molecule has 1 saturated heterocycles. The van der Waals surface area contributed by atoms with E-state index < -0.39 is 10.0 Å². The van der Waals surface area contributed by atoms with Gasteiger partial charge >= 0.3 is 0 Å². The zero-order chi connectivity index (χ0) is 19.4. The number of likely N-dealkylation sites (tertiary alicyclic amines) is 1. The lowest BCUT2D eigenvalue weighted by atomic mass is 9.92. The molecule has 7 nitrogen and oxygen atoms in total. The smallest absolute Gasteiger partial charge is 0.243 e. The Morgan fingerprint density at radius 1 is 1.26 bits per heavy atom. The minimum atomic E-state index is -3.56. The van der Waals surface area contributed by atoms with Gasteiger partial charge in [0.15, 0.2) is 5.82 Å². The third kappa shape index (κ3) is 5.37. The van der Waals surface area contributed by atoms with Crippen LogP contribution in [0, 0.1) is 18.8 Å². The highest BCUT2D eigenvalue weighted by molar-refractivity contribution is 7.89. The van der Waals surface area contributed by atoms with Crippen LogP contribution in [0.3, 0.4) is 0 Å². The van der Waals surface area contributed by atoms with Gasteiger partial charge in [0.1, 0.15) is 4.90 Å². The van der Waals surface area contributed by atoms with Crippen molar-refractivity contribution in [3.05, 3.63) is 36.3 Å². The van der Waals surface area contributed by atoms with Crippen molar-refractivity contribution in [2.75, 3.05) is 26.2 Å². The van der Waals surface area contributed by atoms with Gasteiger partial charge in [0.2, 0.25) is 10.0 Å². The fourth-order valence-corrected chi connectivity index (χ4v) is 4.79. The number of aryl methyl sites for hydroxylation is 1. The highest BCUT2D eigenvalue weighted by Crippen LogP contribution is 2.20. The van der Waals surface area contributed by atoms with Crippen LogP contribution in [0.25, 0.3) is 5.82 Å². The zero-order valence-electron chi connectivity index (χ0n) is 16.3. The maximum Gasteiger partial charge on any atom is 0.243 e. The minimum absolute atomic E-state index is 0.158. The molecule has 0 spiro atoms. The summed E-state index contributed by atoms with van der Waals surface area (Å²) in [6, 6.07) is 3.74. The van der Waals surface area contributed by atoms with Gasteiger partial charge in [-0.15, -0.1) is 0 Å². The van der Waals surface area contributed by atoms with Gasteiger partial charge in [-0.05, 0) is 55.8 Å². The zero-order valence-corrected chi connectivity index (χ0v) is 17.1. The van der Waals surface area contributed by atoms with Crippen molar-refractivity contribution < 1.29 is 8.42 Å². The molecule has 27 heavy (non-hydrogen) atoms. The van der Waals surface area contributed by atoms with Crippen LogP contribution >= 0.6 is 0 Å². The van der Waals surface area contributed by atoms with Gasteiger partial charge in [-0.2, -0.15) is 5.10 Å². The standard InChI is InChI=1S/C19H29N5O2S/c1-15-5-7-20-19(10-15)24-14-18(11-21-24)27(25,26)22-6-4-8-23-12-16(2)9-17(3)13-23/h5,7,10-11,14,16-17,22H,4,6,8-9,12-13H2,1-3H3/t16-,17-/m0/s1. The average molecular weight is 392 g/mol. The van der Waals surface area contributed by atoms with Gasteiger partial charge in [-0.1, -0.05) is 13.8 Å². The number of nitrogens with one attached hydrogen (secondary N) is 1. The maximum absolute atomic E-state index is 12.5. The van der Waals surface area contributed by atoms with E-state index in [4.69, 9.17) is 0 Å². The molecule has 0 unspecified atom stereocenters. The van der Waals surface area contributed by atoms with E-state index in [2.05, 4.69) is 33.6 Å². The summed E-state index contributed by atoms with van der Waals surface area (Å²) >= 11 is 0. The van der Waals surface area contributed by atoms with Crippen LogP contribution in [0.2, 0.25) is 0 Å². The van der Waals surface area contributed by atoms with Crippen LogP contribution in [-0.4, -0.2) is 54.3 Å². The molecule has 1 N–H and O–H groups in total. The molecule has 1 aliphatic rings. The van der Waals surface area contributed by atoms with Gasteiger partial charge in [-0.3, -0.25) is 0 Å². The molecule has 1 fully saturated rings. The second kappa shape index (κ2) is 8.50. The van der Waals surface area contributed by atoms with Crippen LogP contribution in [0.1, 0.15) is 32.3 Å². The topological polar surface area (TPSA) is 80.1 Å². The molecule has 2 aromatic rings. The molecule has 0 saturated carbocycles. The average Bonchev–Trinajstić information content (AvgIpc) is 3.09.